The maximum Gasteiger partial charge on any atom is 0.410 e. The quantitative estimate of drug-likeness (QED) is 0.408. The minimum atomic E-state index is -0.448. The summed E-state index contributed by atoms with van der Waals surface area (Å²) in [6.07, 6.45) is -0.234. The zero-order chi connectivity index (χ0) is 17.3. The minimum Gasteiger partial charge on any atom is -0.444 e. The molecule has 1 amide bonds. The van der Waals surface area contributed by atoms with Crippen molar-refractivity contribution < 1.29 is 14.3 Å². The largest absolute Gasteiger partial charge is 0.444 e. The van der Waals surface area contributed by atoms with E-state index in [1.54, 1.807) is 12.0 Å². The van der Waals surface area contributed by atoms with Gasteiger partial charge in [0, 0.05) is 46.4 Å². The third kappa shape index (κ3) is 8.61. The topological polar surface area (TPSA) is 92.4 Å². The highest BCUT2D eigenvalue weighted by Crippen LogP contribution is 2.11. The molecule has 1 aliphatic rings. The number of hydrogen-bond donors (Lipinski definition) is 2. The zero-order valence-corrected chi connectivity index (χ0v) is 14.8. The van der Waals surface area contributed by atoms with E-state index in [2.05, 4.69) is 15.2 Å². The van der Waals surface area contributed by atoms with Crippen molar-refractivity contribution in [3.63, 3.8) is 0 Å². The molecule has 0 aromatic heterocycles. The predicted octanol–water partition coefficient (Wildman–Crippen LogP) is 0.0898. The second-order valence-corrected chi connectivity index (χ2v) is 6.50. The van der Waals surface area contributed by atoms with Gasteiger partial charge in [-0.25, -0.2) is 4.79 Å². The maximum absolute atomic E-state index is 12.0. The molecular formula is C15H31N5O3. The van der Waals surface area contributed by atoms with Crippen LogP contribution in [0.4, 0.5) is 4.79 Å². The van der Waals surface area contributed by atoms with Crippen molar-refractivity contribution in [1.29, 1.82) is 0 Å². The summed E-state index contributed by atoms with van der Waals surface area (Å²) in [4.78, 5) is 20.3. The van der Waals surface area contributed by atoms with Crippen molar-refractivity contribution in [1.82, 2.24) is 15.1 Å². The van der Waals surface area contributed by atoms with Crippen molar-refractivity contribution in [3.8, 4) is 0 Å². The van der Waals surface area contributed by atoms with Crippen LogP contribution >= 0.6 is 0 Å². The molecule has 1 fully saturated rings. The first-order chi connectivity index (χ1) is 10.8. The molecule has 0 bridgehead atoms. The van der Waals surface area contributed by atoms with Gasteiger partial charge in [0.15, 0.2) is 5.96 Å². The zero-order valence-electron chi connectivity index (χ0n) is 14.8. The highest BCUT2D eigenvalue weighted by molar-refractivity contribution is 5.77. The van der Waals surface area contributed by atoms with E-state index in [0.717, 1.165) is 19.6 Å². The number of ether oxygens (including phenoxy) is 2. The summed E-state index contributed by atoms with van der Waals surface area (Å²) in [5.41, 5.74) is 5.30. The maximum atomic E-state index is 12.0. The van der Waals surface area contributed by atoms with Gasteiger partial charge in [-0.2, -0.15) is 0 Å². The van der Waals surface area contributed by atoms with Crippen molar-refractivity contribution in [2.24, 2.45) is 10.7 Å². The van der Waals surface area contributed by atoms with Crippen molar-refractivity contribution in [2.45, 2.75) is 26.4 Å². The Balaban J connectivity index is 2.21. The first-order valence-corrected chi connectivity index (χ1v) is 8.05. The summed E-state index contributed by atoms with van der Waals surface area (Å²) in [7, 11) is 1.64. The number of nitrogens with one attached hydrogen (secondary N) is 1. The summed E-state index contributed by atoms with van der Waals surface area (Å²) in [6.45, 7) is 11.4. The lowest BCUT2D eigenvalue weighted by Gasteiger charge is -2.35. The summed E-state index contributed by atoms with van der Waals surface area (Å²) in [5, 5.41) is 2.98. The van der Waals surface area contributed by atoms with E-state index in [4.69, 9.17) is 15.2 Å². The molecule has 134 valence electrons. The van der Waals surface area contributed by atoms with Gasteiger partial charge in [0.25, 0.3) is 0 Å². The van der Waals surface area contributed by atoms with Gasteiger partial charge < -0.3 is 25.4 Å². The van der Waals surface area contributed by atoms with Gasteiger partial charge in [0.1, 0.15) is 5.60 Å². The van der Waals surface area contributed by atoms with Crippen molar-refractivity contribution >= 4 is 12.1 Å². The Morgan fingerprint density at radius 1 is 1.26 bits per heavy atom. The van der Waals surface area contributed by atoms with Gasteiger partial charge in [-0.1, -0.05) is 0 Å². The van der Waals surface area contributed by atoms with Crippen LogP contribution in [0.3, 0.4) is 0 Å². The van der Waals surface area contributed by atoms with Gasteiger partial charge >= 0.3 is 6.09 Å². The van der Waals surface area contributed by atoms with Crippen molar-refractivity contribution in [2.75, 3.05) is 59.5 Å². The van der Waals surface area contributed by atoms with Gasteiger partial charge in [0.05, 0.1) is 13.2 Å². The van der Waals surface area contributed by atoms with E-state index in [1.165, 1.54) is 0 Å². The number of nitrogens with zero attached hydrogens (tertiary/aromatic N) is 3. The Labute approximate surface area is 139 Å². The van der Waals surface area contributed by atoms with Crippen LogP contribution in [-0.4, -0.2) is 87.0 Å². The Hall–Kier alpha value is -1.54. The van der Waals surface area contributed by atoms with Crippen LogP contribution < -0.4 is 11.1 Å². The molecule has 1 aliphatic heterocycles. The average Bonchev–Trinajstić information content (AvgIpc) is 2.46. The summed E-state index contributed by atoms with van der Waals surface area (Å²) in [5.74, 6) is 0.439. The Kier molecular flexibility index (Phi) is 8.11. The van der Waals surface area contributed by atoms with Gasteiger partial charge in [-0.15, -0.1) is 0 Å². The molecule has 0 aromatic rings. The van der Waals surface area contributed by atoms with Crippen LogP contribution in [0, 0.1) is 0 Å². The molecule has 0 atom stereocenters. The molecular weight excluding hydrogens is 298 g/mol. The fourth-order valence-electron chi connectivity index (χ4n) is 2.13. The van der Waals surface area contributed by atoms with E-state index < -0.39 is 5.60 Å². The van der Waals surface area contributed by atoms with Crippen molar-refractivity contribution in [3.05, 3.63) is 0 Å². The molecule has 8 nitrogen and oxygen atoms in total. The molecule has 8 heteroatoms. The third-order valence-corrected chi connectivity index (χ3v) is 3.33. The van der Waals surface area contributed by atoms with Crippen LogP contribution in [-0.2, 0) is 9.47 Å². The van der Waals surface area contributed by atoms with E-state index >= 15 is 0 Å². The summed E-state index contributed by atoms with van der Waals surface area (Å²) >= 11 is 0. The lowest BCUT2D eigenvalue weighted by molar-refractivity contribution is 0.0148. The van der Waals surface area contributed by atoms with E-state index in [-0.39, 0.29) is 6.09 Å². The number of carbonyl (C=O) groups excluding carboxylic acids is 1. The minimum absolute atomic E-state index is 0.234. The fraction of sp³-hybridized carbons (Fsp3) is 0.867. The molecule has 0 radical (unpaired) electrons. The number of nitrogens with two attached hydrogens (primary N) is 1. The number of piperazine rings is 1. The smallest absolute Gasteiger partial charge is 0.410 e. The third-order valence-electron chi connectivity index (χ3n) is 3.33. The average molecular weight is 329 g/mol. The highest BCUT2D eigenvalue weighted by Gasteiger charge is 2.25. The van der Waals surface area contributed by atoms with E-state index in [1.807, 2.05) is 20.8 Å². The Bertz CT molecular complexity index is 387. The highest BCUT2D eigenvalue weighted by atomic mass is 16.6. The molecule has 1 rings (SSSR count). The van der Waals surface area contributed by atoms with Crippen LogP contribution in [0.1, 0.15) is 20.8 Å². The predicted molar refractivity (Wildman–Crippen MR) is 90.6 cm³/mol. The lowest BCUT2D eigenvalue weighted by Crippen LogP contribution is -2.50. The number of rotatable bonds is 6. The molecule has 1 saturated heterocycles. The molecule has 1 heterocycles. The van der Waals surface area contributed by atoms with Gasteiger partial charge in [0.2, 0.25) is 0 Å². The SMILES string of the molecule is COCCNC(N)=NCCN1CCN(C(=O)OC(C)(C)C)CC1. The molecule has 23 heavy (non-hydrogen) atoms. The molecule has 0 aromatic carbocycles. The molecule has 0 unspecified atom stereocenters. The second-order valence-electron chi connectivity index (χ2n) is 6.50. The Morgan fingerprint density at radius 3 is 2.48 bits per heavy atom. The number of carbonyl (C=O) groups is 1. The number of amides is 1. The van der Waals surface area contributed by atoms with Crippen LogP contribution in [0.2, 0.25) is 0 Å². The summed E-state index contributed by atoms with van der Waals surface area (Å²) in [6, 6.07) is 0. The van der Waals surface area contributed by atoms with Crippen LogP contribution in [0.15, 0.2) is 4.99 Å². The summed E-state index contributed by atoms with van der Waals surface area (Å²) < 4.78 is 10.3. The number of guanidine groups is 1. The molecule has 3 N–H and O–H groups in total. The second kappa shape index (κ2) is 9.57. The molecule has 0 saturated carbocycles. The fourth-order valence-corrected chi connectivity index (χ4v) is 2.13. The van der Waals surface area contributed by atoms with Gasteiger partial charge in [-0.05, 0) is 20.8 Å². The normalized spacial score (nSPS) is 17.2. The first kappa shape index (κ1) is 19.5. The standard InChI is InChI=1S/C15H31N5O3/c1-15(2,3)23-14(21)20-10-8-19(9-11-20)7-5-17-13(16)18-6-12-22-4/h5-12H2,1-4H3,(H3,16,17,18). The lowest BCUT2D eigenvalue weighted by atomic mass is 10.2. The number of methoxy groups -OCH3 is 1. The van der Waals surface area contributed by atoms with Crippen LogP contribution in [0.5, 0.6) is 0 Å². The molecule has 0 aliphatic carbocycles. The number of aliphatic imine (C=N–C) groups is 1. The van der Waals surface area contributed by atoms with E-state index in [9.17, 15) is 4.79 Å². The number of hydrogen-bond acceptors (Lipinski definition) is 5. The van der Waals surface area contributed by atoms with E-state index in [0.29, 0.717) is 38.7 Å². The first-order valence-electron chi connectivity index (χ1n) is 8.05. The van der Waals surface area contributed by atoms with Crippen LogP contribution in [0.25, 0.3) is 0 Å². The van der Waals surface area contributed by atoms with Gasteiger partial charge in [-0.3, -0.25) is 9.89 Å². The Morgan fingerprint density at radius 2 is 1.91 bits per heavy atom. The molecule has 0 spiro atoms. The monoisotopic (exact) mass is 329 g/mol.